The molecule has 2 amide bonds. The molecule has 0 heterocycles. The Morgan fingerprint density at radius 3 is 2.31 bits per heavy atom. The van der Waals surface area contributed by atoms with Crippen LogP contribution in [0.2, 0.25) is 0 Å². The Morgan fingerprint density at radius 1 is 1.06 bits per heavy atom. The monoisotopic (exact) mass is 503 g/mol. The molecule has 0 radical (unpaired) electrons. The van der Waals surface area contributed by atoms with E-state index in [0.717, 1.165) is 41.8 Å². The van der Waals surface area contributed by atoms with Gasteiger partial charge < -0.3 is 10.2 Å². The number of benzene rings is 2. The van der Waals surface area contributed by atoms with Crippen molar-refractivity contribution in [3.8, 4) is 0 Å². The summed E-state index contributed by atoms with van der Waals surface area (Å²) in [6.07, 6.45) is 5.29. The first-order chi connectivity index (χ1) is 16.7. The molecule has 1 fully saturated rings. The molecule has 2 aromatic carbocycles. The van der Waals surface area contributed by atoms with Crippen LogP contribution in [0.4, 0.5) is 10.1 Å². The van der Waals surface area contributed by atoms with Gasteiger partial charge in [0.25, 0.3) is 0 Å². The van der Waals surface area contributed by atoms with Crippen LogP contribution in [-0.2, 0) is 26.2 Å². The smallest absolute Gasteiger partial charge is 0.242 e. The van der Waals surface area contributed by atoms with E-state index in [2.05, 4.69) is 5.32 Å². The van der Waals surface area contributed by atoms with E-state index in [1.165, 1.54) is 23.1 Å². The zero-order chi connectivity index (χ0) is 25.4. The van der Waals surface area contributed by atoms with Gasteiger partial charge in [0.15, 0.2) is 0 Å². The molecule has 2 aromatic rings. The zero-order valence-corrected chi connectivity index (χ0v) is 21.1. The Labute approximate surface area is 207 Å². The van der Waals surface area contributed by atoms with Crippen LogP contribution >= 0.6 is 0 Å². The normalized spacial score (nSPS) is 14.9. The number of hydrogen-bond acceptors (Lipinski definition) is 4. The largest absolute Gasteiger partial charge is 0.352 e. The Kier molecular flexibility index (Phi) is 9.26. The number of para-hydroxylation sites is 1. The number of sulfonamides is 1. The van der Waals surface area contributed by atoms with E-state index in [1.54, 1.807) is 13.0 Å². The SMILES string of the molecule is C[C@@H](C(=O)NC1CCCC1)N(Cc1ccccc1)C(=O)CCCN(c1ccccc1F)S(C)(=O)=O. The molecular weight excluding hydrogens is 469 g/mol. The van der Waals surface area contributed by atoms with Crippen LogP contribution < -0.4 is 9.62 Å². The summed E-state index contributed by atoms with van der Waals surface area (Å²) < 4.78 is 39.9. The van der Waals surface area contributed by atoms with Crippen LogP contribution in [0.25, 0.3) is 0 Å². The lowest BCUT2D eigenvalue weighted by Gasteiger charge is -2.30. The average Bonchev–Trinajstić information content (AvgIpc) is 3.33. The number of hydrogen-bond donors (Lipinski definition) is 1. The van der Waals surface area contributed by atoms with E-state index in [4.69, 9.17) is 0 Å². The topological polar surface area (TPSA) is 86.8 Å². The Hall–Kier alpha value is -2.94. The summed E-state index contributed by atoms with van der Waals surface area (Å²) in [5.74, 6) is -1.10. The molecule has 0 unspecified atom stereocenters. The summed E-state index contributed by atoms with van der Waals surface area (Å²) in [6.45, 7) is 1.93. The van der Waals surface area contributed by atoms with Gasteiger partial charge >= 0.3 is 0 Å². The molecule has 1 N–H and O–H groups in total. The van der Waals surface area contributed by atoms with E-state index in [1.807, 2.05) is 30.3 Å². The third kappa shape index (κ3) is 7.52. The Morgan fingerprint density at radius 2 is 1.69 bits per heavy atom. The van der Waals surface area contributed by atoms with Gasteiger partial charge in [-0.15, -0.1) is 0 Å². The first kappa shape index (κ1) is 26.7. The molecule has 0 bridgehead atoms. The highest BCUT2D eigenvalue weighted by Crippen LogP contribution is 2.23. The van der Waals surface area contributed by atoms with E-state index < -0.39 is 21.9 Å². The van der Waals surface area contributed by atoms with Crippen molar-refractivity contribution in [2.24, 2.45) is 0 Å². The van der Waals surface area contributed by atoms with Crippen molar-refractivity contribution in [3.05, 3.63) is 66.0 Å². The van der Waals surface area contributed by atoms with Crippen molar-refractivity contribution in [2.45, 2.75) is 64.1 Å². The summed E-state index contributed by atoms with van der Waals surface area (Å²) in [7, 11) is -3.75. The molecule has 1 aliphatic rings. The van der Waals surface area contributed by atoms with Gasteiger partial charge in [-0.2, -0.15) is 0 Å². The summed E-state index contributed by atoms with van der Waals surface area (Å²) >= 11 is 0. The average molecular weight is 504 g/mol. The van der Waals surface area contributed by atoms with Crippen LogP contribution in [0.3, 0.4) is 0 Å². The second-order valence-electron chi connectivity index (χ2n) is 9.06. The summed E-state index contributed by atoms with van der Waals surface area (Å²) in [6, 6.07) is 14.5. The van der Waals surface area contributed by atoms with Crippen molar-refractivity contribution in [2.75, 3.05) is 17.1 Å². The van der Waals surface area contributed by atoms with Crippen LogP contribution in [0.1, 0.15) is 51.0 Å². The van der Waals surface area contributed by atoms with Gasteiger partial charge in [-0.05, 0) is 43.9 Å². The van der Waals surface area contributed by atoms with Crippen molar-refractivity contribution < 1.29 is 22.4 Å². The quantitative estimate of drug-likeness (QED) is 0.505. The number of carbonyl (C=O) groups is 2. The highest BCUT2D eigenvalue weighted by Gasteiger charge is 2.29. The van der Waals surface area contributed by atoms with E-state index in [-0.39, 0.29) is 49.5 Å². The van der Waals surface area contributed by atoms with Crippen LogP contribution in [0.15, 0.2) is 54.6 Å². The van der Waals surface area contributed by atoms with Gasteiger partial charge in [0, 0.05) is 25.6 Å². The molecule has 3 rings (SSSR count). The summed E-state index contributed by atoms with van der Waals surface area (Å²) in [4.78, 5) is 27.7. The predicted molar refractivity (Wildman–Crippen MR) is 135 cm³/mol. The molecule has 1 saturated carbocycles. The van der Waals surface area contributed by atoms with Gasteiger partial charge in [0.1, 0.15) is 11.9 Å². The van der Waals surface area contributed by atoms with Gasteiger partial charge in [0.05, 0.1) is 11.9 Å². The molecule has 7 nitrogen and oxygen atoms in total. The van der Waals surface area contributed by atoms with Crippen molar-refractivity contribution in [3.63, 3.8) is 0 Å². The molecule has 0 aliphatic heterocycles. The number of halogens is 1. The number of nitrogens with one attached hydrogen (secondary N) is 1. The van der Waals surface area contributed by atoms with Crippen molar-refractivity contribution >= 4 is 27.5 Å². The number of rotatable bonds is 11. The number of nitrogens with zero attached hydrogens (tertiary/aromatic N) is 2. The second-order valence-corrected chi connectivity index (χ2v) is 11.0. The lowest BCUT2D eigenvalue weighted by atomic mass is 10.1. The molecule has 1 atom stereocenters. The highest BCUT2D eigenvalue weighted by molar-refractivity contribution is 7.92. The number of amides is 2. The zero-order valence-electron chi connectivity index (χ0n) is 20.3. The molecular formula is C26H34FN3O4S. The molecule has 0 aromatic heterocycles. The van der Waals surface area contributed by atoms with Gasteiger partial charge in [-0.3, -0.25) is 13.9 Å². The second kappa shape index (κ2) is 12.2. The fourth-order valence-corrected chi connectivity index (χ4v) is 5.36. The number of carbonyl (C=O) groups excluding carboxylic acids is 2. The molecule has 190 valence electrons. The third-order valence-corrected chi connectivity index (χ3v) is 7.52. The van der Waals surface area contributed by atoms with E-state index in [0.29, 0.717) is 0 Å². The minimum atomic E-state index is -3.75. The highest BCUT2D eigenvalue weighted by atomic mass is 32.2. The van der Waals surface area contributed by atoms with Gasteiger partial charge in [0.2, 0.25) is 21.8 Å². The lowest BCUT2D eigenvalue weighted by Crippen LogP contribution is -2.49. The lowest BCUT2D eigenvalue weighted by molar-refractivity contribution is -0.141. The maximum Gasteiger partial charge on any atom is 0.242 e. The maximum atomic E-state index is 14.3. The molecule has 35 heavy (non-hydrogen) atoms. The molecule has 0 saturated heterocycles. The molecule has 9 heteroatoms. The van der Waals surface area contributed by atoms with Crippen molar-refractivity contribution in [1.82, 2.24) is 10.2 Å². The first-order valence-electron chi connectivity index (χ1n) is 12.0. The summed E-state index contributed by atoms with van der Waals surface area (Å²) in [5.41, 5.74) is 0.846. The summed E-state index contributed by atoms with van der Waals surface area (Å²) in [5, 5.41) is 3.06. The minimum Gasteiger partial charge on any atom is -0.352 e. The van der Waals surface area contributed by atoms with E-state index in [9.17, 15) is 22.4 Å². The van der Waals surface area contributed by atoms with Gasteiger partial charge in [-0.25, -0.2) is 12.8 Å². The van der Waals surface area contributed by atoms with Crippen molar-refractivity contribution in [1.29, 1.82) is 0 Å². The van der Waals surface area contributed by atoms with Crippen LogP contribution in [-0.4, -0.2) is 50.0 Å². The fourth-order valence-electron chi connectivity index (χ4n) is 4.39. The molecule has 0 spiro atoms. The first-order valence-corrected chi connectivity index (χ1v) is 13.9. The maximum absolute atomic E-state index is 14.3. The standard InChI is InChI=1S/C26H34FN3O4S/c1-20(26(32)28-22-13-6-7-14-22)29(19-21-11-4-3-5-12-21)25(31)17-10-18-30(35(2,33)34)24-16-9-8-15-23(24)27/h3-5,8-9,11-12,15-16,20,22H,6-7,10,13-14,17-19H2,1-2H3,(H,28,32)/t20-/m0/s1. The predicted octanol–water partition coefficient (Wildman–Crippen LogP) is 3.85. The Bertz CT molecular complexity index is 1100. The molecule has 1 aliphatic carbocycles. The number of anilines is 1. The van der Waals surface area contributed by atoms with Crippen LogP contribution in [0, 0.1) is 5.82 Å². The van der Waals surface area contributed by atoms with E-state index >= 15 is 0 Å². The van der Waals surface area contributed by atoms with Crippen LogP contribution in [0.5, 0.6) is 0 Å². The van der Waals surface area contributed by atoms with Gasteiger partial charge in [-0.1, -0.05) is 55.3 Å². The Balaban J connectivity index is 1.70. The minimum absolute atomic E-state index is 0.0222. The fraction of sp³-hybridized carbons (Fsp3) is 0.462. The third-order valence-electron chi connectivity index (χ3n) is 6.34.